The second-order valence-electron chi connectivity index (χ2n) is 7.79. The van der Waals surface area contributed by atoms with Crippen molar-refractivity contribution in [3.05, 3.63) is 66.3 Å². The minimum absolute atomic E-state index is 0.246. The van der Waals surface area contributed by atoms with E-state index in [-0.39, 0.29) is 11.8 Å². The van der Waals surface area contributed by atoms with E-state index in [1.165, 1.54) is 5.56 Å². The summed E-state index contributed by atoms with van der Waals surface area (Å²) in [4.78, 5) is 18.8. The van der Waals surface area contributed by atoms with Gasteiger partial charge in [-0.2, -0.15) is 0 Å². The number of aromatic nitrogens is 5. The highest BCUT2D eigenvalue weighted by Crippen LogP contribution is 2.26. The number of carbonyl (C=O) groups excluding carboxylic acids is 1. The van der Waals surface area contributed by atoms with E-state index in [4.69, 9.17) is 0 Å². The Labute approximate surface area is 171 Å². The van der Waals surface area contributed by atoms with Crippen molar-refractivity contribution in [1.29, 1.82) is 0 Å². The minimum Gasteiger partial charge on any atom is -0.342 e. The molecule has 0 radical (unpaired) electrons. The lowest BCUT2D eigenvalue weighted by atomic mass is 9.96. The number of nitrogens with zero attached hydrogens (tertiary/aromatic N) is 6. The minimum atomic E-state index is 0.246. The first kappa shape index (κ1) is 19.4. The molecule has 7 nitrogen and oxygen atoms in total. The molecule has 1 aromatic carbocycles. The van der Waals surface area contributed by atoms with Gasteiger partial charge in [-0.1, -0.05) is 30.3 Å². The van der Waals surface area contributed by atoms with Gasteiger partial charge in [0.2, 0.25) is 5.91 Å². The lowest BCUT2D eigenvalue weighted by molar-refractivity contribution is -0.132. The fourth-order valence-electron chi connectivity index (χ4n) is 4.07. The van der Waals surface area contributed by atoms with Crippen LogP contribution in [0.1, 0.15) is 48.8 Å². The van der Waals surface area contributed by atoms with E-state index in [0.717, 1.165) is 50.4 Å². The highest BCUT2D eigenvalue weighted by Gasteiger charge is 2.28. The quantitative estimate of drug-likeness (QED) is 0.620. The second kappa shape index (κ2) is 9.03. The summed E-state index contributed by atoms with van der Waals surface area (Å²) in [5.41, 5.74) is 1.29. The van der Waals surface area contributed by atoms with Crippen LogP contribution in [0.15, 0.2) is 49.1 Å². The van der Waals surface area contributed by atoms with Gasteiger partial charge in [-0.3, -0.25) is 4.79 Å². The van der Waals surface area contributed by atoms with E-state index in [1.54, 1.807) is 12.5 Å². The first-order chi connectivity index (χ1) is 14.2. The Balaban J connectivity index is 1.33. The van der Waals surface area contributed by atoms with Gasteiger partial charge in [0.15, 0.2) is 5.82 Å². The molecule has 0 bridgehead atoms. The molecule has 1 aliphatic heterocycles. The molecule has 3 heterocycles. The van der Waals surface area contributed by atoms with E-state index in [9.17, 15) is 4.79 Å². The third-order valence-corrected chi connectivity index (χ3v) is 5.72. The average molecular weight is 393 g/mol. The zero-order valence-corrected chi connectivity index (χ0v) is 16.9. The second-order valence-corrected chi connectivity index (χ2v) is 7.79. The summed E-state index contributed by atoms with van der Waals surface area (Å²) in [6, 6.07) is 10.4. The van der Waals surface area contributed by atoms with Gasteiger partial charge in [-0.25, -0.2) is 4.98 Å². The van der Waals surface area contributed by atoms with E-state index < -0.39 is 0 Å². The van der Waals surface area contributed by atoms with Crippen LogP contribution in [0.5, 0.6) is 0 Å². The van der Waals surface area contributed by atoms with E-state index >= 15 is 0 Å². The molecule has 1 fully saturated rings. The van der Waals surface area contributed by atoms with Crippen LogP contribution in [0.3, 0.4) is 0 Å². The first-order valence-corrected chi connectivity index (χ1v) is 10.4. The molecule has 1 atom stereocenters. The van der Waals surface area contributed by atoms with Crippen LogP contribution < -0.4 is 0 Å². The van der Waals surface area contributed by atoms with Crippen molar-refractivity contribution in [2.24, 2.45) is 7.05 Å². The summed E-state index contributed by atoms with van der Waals surface area (Å²) in [6.07, 6.45) is 9.97. The van der Waals surface area contributed by atoms with Crippen LogP contribution in [0.2, 0.25) is 0 Å². The summed E-state index contributed by atoms with van der Waals surface area (Å²) < 4.78 is 4.06. The molecule has 1 saturated heterocycles. The zero-order chi connectivity index (χ0) is 20.1. The predicted octanol–water partition coefficient (Wildman–Crippen LogP) is 2.79. The lowest BCUT2D eigenvalue weighted by Crippen LogP contribution is -2.39. The Bertz CT molecular complexity index is 918. The summed E-state index contributed by atoms with van der Waals surface area (Å²) in [5, 5.41) is 8.84. The summed E-state index contributed by atoms with van der Waals surface area (Å²) in [6.45, 7) is 2.24. The first-order valence-electron chi connectivity index (χ1n) is 10.4. The molecule has 152 valence electrons. The molecule has 29 heavy (non-hydrogen) atoms. The molecular formula is C22H28N6O. The fraction of sp³-hybridized carbons (Fsp3) is 0.455. The fourth-order valence-corrected chi connectivity index (χ4v) is 4.07. The van der Waals surface area contributed by atoms with Crippen LogP contribution in [0.4, 0.5) is 0 Å². The van der Waals surface area contributed by atoms with Crippen molar-refractivity contribution in [2.75, 3.05) is 13.1 Å². The Hall–Kier alpha value is -2.96. The molecule has 3 aromatic rings. The number of likely N-dealkylation sites (tertiary alicyclic amines) is 1. The monoisotopic (exact) mass is 392 g/mol. The van der Waals surface area contributed by atoms with Gasteiger partial charge in [0.25, 0.3) is 0 Å². The van der Waals surface area contributed by atoms with Gasteiger partial charge in [-0.15, -0.1) is 10.2 Å². The van der Waals surface area contributed by atoms with Crippen molar-refractivity contribution >= 4 is 5.91 Å². The van der Waals surface area contributed by atoms with Gasteiger partial charge in [0, 0.05) is 44.9 Å². The maximum atomic E-state index is 12.7. The Morgan fingerprint density at radius 2 is 2.07 bits per heavy atom. The van der Waals surface area contributed by atoms with Crippen molar-refractivity contribution in [1.82, 2.24) is 29.2 Å². The van der Waals surface area contributed by atoms with E-state index in [2.05, 4.69) is 31.9 Å². The topological polar surface area (TPSA) is 68.8 Å². The Kier molecular flexibility index (Phi) is 6.03. The Morgan fingerprint density at radius 1 is 1.21 bits per heavy atom. The van der Waals surface area contributed by atoms with Crippen molar-refractivity contribution in [3.63, 3.8) is 0 Å². The molecule has 0 N–H and O–H groups in total. The molecule has 0 aliphatic carbocycles. The highest BCUT2D eigenvalue weighted by molar-refractivity contribution is 5.76. The third kappa shape index (κ3) is 4.72. The molecule has 1 aliphatic rings. The number of carbonyl (C=O) groups is 1. The summed E-state index contributed by atoms with van der Waals surface area (Å²) >= 11 is 0. The van der Waals surface area contributed by atoms with Gasteiger partial charge in [0.05, 0.1) is 12.9 Å². The number of hydrogen-bond acceptors (Lipinski definition) is 4. The van der Waals surface area contributed by atoms with E-state index in [0.29, 0.717) is 13.0 Å². The van der Waals surface area contributed by atoms with Crippen LogP contribution in [0, 0.1) is 0 Å². The SMILES string of the molecule is Cn1c(Cn2ccnc2)nnc1[C@H]1CCCN(C(=O)CCCc2ccccc2)C1. The number of rotatable bonds is 7. The van der Waals surface area contributed by atoms with Crippen LogP contribution in [0.25, 0.3) is 0 Å². The van der Waals surface area contributed by atoms with Gasteiger partial charge >= 0.3 is 0 Å². The van der Waals surface area contributed by atoms with Crippen molar-refractivity contribution in [2.45, 2.75) is 44.6 Å². The lowest BCUT2D eigenvalue weighted by Gasteiger charge is -2.32. The summed E-state index contributed by atoms with van der Waals surface area (Å²) in [7, 11) is 2.02. The Morgan fingerprint density at radius 3 is 2.86 bits per heavy atom. The van der Waals surface area contributed by atoms with Crippen LogP contribution >= 0.6 is 0 Å². The molecule has 7 heteroatoms. The molecule has 0 spiro atoms. The molecule has 4 rings (SSSR count). The average Bonchev–Trinajstić information content (AvgIpc) is 3.39. The van der Waals surface area contributed by atoms with Crippen LogP contribution in [-0.4, -0.2) is 48.2 Å². The third-order valence-electron chi connectivity index (χ3n) is 5.72. The van der Waals surface area contributed by atoms with Gasteiger partial charge in [0.1, 0.15) is 5.82 Å². The normalized spacial score (nSPS) is 16.9. The number of imidazole rings is 1. The van der Waals surface area contributed by atoms with Crippen molar-refractivity contribution < 1.29 is 4.79 Å². The smallest absolute Gasteiger partial charge is 0.222 e. The number of piperidine rings is 1. The number of hydrogen-bond donors (Lipinski definition) is 0. The summed E-state index contributed by atoms with van der Waals surface area (Å²) in [5.74, 6) is 2.38. The molecule has 0 unspecified atom stereocenters. The van der Waals surface area contributed by atoms with Gasteiger partial charge < -0.3 is 14.0 Å². The zero-order valence-electron chi connectivity index (χ0n) is 16.9. The number of aryl methyl sites for hydroxylation is 1. The molecule has 2 aromatic heterocycles. The number of benzene rings is 1. The maximum absolute atomic E-state index is 12.7. The van der Waals surface area contributed by atoms with Crippen LogP contribution in [-0.2, 0) is 24.8 Å². The standard InChI is InChI=1S/C22H28N6O/c1-26-20(16-27-14-12-23-17-27)24-25-22(26)19-10-6-13-28(15-19)21(29)11-5-9-18-7-3-2-4-8-18/h2-4,7-8,12,14,17,19H,5-6,9-11,13,15-16H2,1H3/t19-/m0/s1. The molecule has 1 amide bonds. The van der Waals surface area contributed by atoms with Gasteiger partial charge in [-0.05, 0) is 31.2 Å². The predicted molar refractivity (Wildman–Crippen MR) is 110 cm³/mol. The largest absolute Gasteiger partial charge is 0.342 e. The molecule has 0 saturated carbocycles. The van der Waals surface area contributed by atoms with Crippen molar-refractivity contribution in [3.8, 4) is 0 Å². The highest BCUT2D eigenvalue weighted by atomic mass is 16.2. The maximum Gasteiger partial charge on any atom is 0.222 e. The van der Waals surface area contributed by atoms with E-state index in [1.807, 2.05) is 40.9 Å². The number of amides is 1. The molecular weight excluding hydrogens is 364 g/mol.